The second-order valence-electron chi connectivity index (χ2n) is 5.44. The minimum Gasteiger partial charge on any atom is -0.397 e. The third kappa shape index (κ3) is 2.05. The monoisotopic (exact) mass is 266 g/mol. The second kappa shape index (κ2) is 4.67. The fourth-order valence-electron chi connectivity index (χ4n) is 2.83. The molecule has 2 aromatic carbocycles. The number of anilines is 2. The fraction of sp³-hybridized carbons (Fsp3) is 0.235. The van der Waals surface area contributed by atoms with Crippen LogP contribution in [-0.4, -0.2) is 5.91 Å². The van der Waals surface area contributed by atoms with Crippen LogP contribution in [0.3, 0.4) is 0 Å². The number of hydrogen-bond acceptors (Lipinski definition) is 2. The van der Waals surface area contributed by atoms with E-state index in [1.165, 1.54) is 16.7 Å². The highest BCUT2D eigenvalue weighted by atomic mass is 16.2. The highest BCUT2D eigenvalue weighted by Gasteiger charge is 2.29. The molecule has 1 aliphatic heterocycles. The lowest BCUT2D eigenvalue weighted by Crippen LogP contribution is -2.27. The lowest BCUT2D eigenvalue weighted by Gasteiger charge is -2.20. The first-order valence-electron chi connectivity index (χ1n) is 6.80. The number of carbonyl (C=O) groups excluding carboxylic acids is 1. The summed E-state index contributed by atoms with van der Waals surface area (Å²) in [4.78, 5) is 14.0. The van der Waals surface area contributed by atoms with E-state index >= 15 is 0 Å². The predicted octanol–water partition coefficient (Wildman–Crippen LogP) is 2.97. The van der Waals surface area contributed by atoms with Crippen LogP contribution in [0, 0.1) is 13.8 Å². The van der Waals surface area contributed by atoms with Gasteiger partial charge in [-0.25, -0.2) is 0 Å². The molecule has 1 amide bonds. The van der Waals surface area contributed by atoms with Crippen LogP contribution < -0.4 is 10.6 Å². The van der Waals surface area contributed by atoms with Gasteiger partial charge in [0, 0.05) is 0 Å². The Labute approximate surface area is 119 Å². The van der Waals surface area contributed by atoms with Gasteiger partial charge in [-0.3, -0.25) is 4.79 Å². The first-order valence-corrected chi connectivity index (χ1v) is 6.80. The lowest BCUT2D eigenvalue weighted by atomic mass is 10.1. The molecule has 0 radical (unpaired) electrons. The predicted molar refractivity (Wildman–Crippen MR) is 81.7 cm³/mol. The summed E-state index contributed by atoms with van der Waals surface area (Å²) >= 11 is 0. The van der Waals surface area contributed by atoms with Gasteiger partial charge in [-0.2, -0.15) is 0 Å². The average molecular weight is 266 g/mol. The number of nitrogens with zero attached hydrogens (tertiary/aromatic N) is 1. The normalized spacial score (nSPS) is 13.7. The van der Waals surface area contributed by atoms with Crippen molar-refractivity contribution in [1.82, 2.24) is 0 Å². The van der Waals surface area contributed by atoms with Crippen LogP contribution in [0.4, 0.5) is 11.4 Å². The van der Waals surface area contributed by atoms with Crippen LogP contribution in [0.25, 0.3) is 0 Å². The number of fused-ring (bicyclic) bond motifs is 1. The van der Waals surface area contributed by atoms with E-state index in [1.807, 2.05) is 23.1 Å². The van der Waals surface area contributed by atoms with Crippen molar-refractivity contribution in [3.05, 3.63) is 58.7 Å². The first kappa shape index (κ1) is 12.7. The zero-order chi connectivity index (χ0) is 14.3. The number of para-hydroxylation sites is 1. The van der Waals surface area contributed by atoms with Gasteiger partial charge in [0.1, 0.15) is 0 Å². The van der Waals surface area contributed by atoms with Crippen LogP contribution >= 0.6 is 0 Å². The number of hydrogen-bond donors (Lipinski definition) is 1. The minimum absolute atomic E-state index is 0.123. The van der Waals surface area contributed by atoms with Crippen LogP contribution in [0.1, 0.15) is 22.3 Å². The van der Waals surface area contributed by atoms with Gasteiger partial charge in [-0.05, 0) is 36.6 Å². The quantitative estimate of drug-likeness (QED) is 0.849. The third-order valence-corrected chi connectivity index (χ3v) is 3.89. The number of aryl methyl sites for hydroxylation is 2. The van der Waals surface area contributed by atoms with Crippen LogP contribution in [0.5, 0.6) is 0 Å². The Kier molecular flexibility index (Phi) is 2.97. The highest BCUT2D eigenvalue weighted by Crippen LogP contribution is 2.35. The molecular formula is C17H18N2O. The van der Waals surface area contributed by atoms with Crippen molar-refractivity contribution in [3.8, 4) is 0 Å². The summed E-state index contributed by atoms with van der Waals surface area (Å²) in [6.07, 6.45) is 0.450. The number of rotatable bonds is 2. The Hall–Kier alpha value is -2.29. The maximum absolute atomic E-state index is 12.2. The standard InChI is InChI=1S/C17H18N2O/c1-11-6-7-14(12(2)8-11)10-19-16(20)9-13-4-3-5-15(18)17(13)19/h3-8H,9-10,18H2,1-2H3. The Morgan fingerprint density at radius 2 is 2.00 bits per heavy atom. The smallest absolute Gasteiger partial charge is 0.231 e. The molecule has 2 N–H and O–H groups in total. The van der Waals surface area contributed by atoms with Crippen molar-refractivity contribution in [3.63, 3.8) is 0 Å². The Morgan fingerprint density at radius 3 is 2.75 bits per heavy atom. The molecule has 1 aliphatic rings. The molecule has 0 bridgehead atoms. The summed E-state index contributed by atoms with van der Waals surface area (Å²) in [5.74, 6) is 0.123. The number of amides is 1. The van der Waals surface area contributed by atoms with Crippen molar-refractivity contribution < 1.29 is 4.79 Å². The number of nitrogens with two attached hydrogens (primary N) is 1. The fourth-order valence-corrected chi connectivity index (χ4v) is 2.83. The van der Waals surface area contributed by atoms with Gasteiger partial charge in [0.2, 0.25) is 5.91 Å². The van der Waals surface area contributed by atoms with Crippen LogP contribution in [0.15, 0.2) is 36.4 Å². The molecule has 2 aromatic rings. The summed E-state index contributed by atoms with van der Waals surface area (Å²) in [5.41, 5.74) is 12.3. The summed E-state index contributed by atoms with van der Waals surface area (Å²) in [6.45, 7) is 4.75. The zero-order valence-electron chi connectivity index (χ0n) is 11.8. The summed E-state index contributed by atoms with van der Waals surface area (Å²) in [5, 5.41) is 0. The van der Waals surface area contributed by atoms with Crippen molar-refractivity contribution in [2.24, 2.45) is 0 Å². The van der Waals surface area contributed by atoms with Gasteiger partial charge >= 0.3 is 0 Å². The van der Waals surface area contributed by atoms with Gasteiger partial charge < -0.3 is 10.6 Å². The van der Waals surface area contributed by atoms with Gasteiger partial charge in [0.25, 0.3) is 0 Å². The molecule has 0 fully saturated rings. The van der Waals surface area contributed by atoms with Gasteiger partial charge in [-0.15, -0.1) is 0 Å². The third-order valence-electron chi connectivity index (χ3n) is 3.89. The van der Waals surface area contributed by atoms with E-state index in [2.05, 4.69) is 32.0 Å². The van der Waals surface area contributed by atoms with Crippen molar-refractivity contribution in [2.45, 2.75) is 26.8 Å². The molecular weight excluding hydrogens is 248 g/mol. The molecule has 0 saturated carbocycles. The minimum atomic E-state index is 0.123. The molecule has 3 nitrogen and oxygen atoms in total. The molecule has 0 spiro atoms. The summed E-state index contributed by atoms with van der Waals surface area (Å²) in [7, 11) is 0. The van der Waals surface area contributed by atoms with E-state index in [9.17, 15) is 4.79 Å². The zero-order valence-corrected chi connectivity index (χ0v) is 11.8. The van der Waals surface area contributed by atoms with E-state index in [4.69, 9.17) is 5.73 Å². The molecule has 0 aliphatic carbocycles. The van der Waals surface area contributed by atoms with E-state index in [0.29, 0.717) is 18.7 Å². The average Bonchev–Trinajstić information content (AvgIpc) is 2.70. The van der Waals surface area contributed by atoms with Crippen LogP contribution in [-0.2, 0) is 17.8 Å². The molecule has 0 aromatic heterocycles. The molecule has 3 heteroatoms. The van der Waals surface area contributed by atoms with Crippen LogP contribution in [0.2, 0.25) is 0 Å². The number of carbonyl (C=O) groups is 1. The Balaban J connectivity index is 1.98. The van der Waals surface area contributed by atoms with Gasteiger partial charge in [0.15, 0.2) is 0 Å². The maximum Gasteiger partial charge on any atom is 0.231 e. The van der Waals surface area contributed by atoms with E-state index in [1.54, 1.807) is 0 Å². The largest absolute Gasteiger partial charge is 0.397 e. The molecule has 0 saturated heterocycles. The Bertz CT molecular complexity index is 691. The first-order chi connectivity index (χ1) is 9.56. The van der Waals surface area contributed by atoms with Crippen molar-refractivity contribution >= 4 is 17.3 Å². The van der Waals surface area contributed by atoms with E-state index < -0.39 is 0 Å². The molecule has 20 heavy (non-hydrogen) atoms. The molecule has 1 heterocycles. The number of nitrogen functional groups attached to an aromatic ring is 1. The lowest BCUT2D eigenvalue weighted by molar-refractivity contribution is -0.117. The molecule has 102 valence electrons. The maximum atomic E-state index is 12.2. The van der Waals surface area contributed by atoms with Gasteiger partial charge in [-0.1, -0.05) is 35.9 Å². The Morgan fingerprint density at radius 1 is 1.20 bits per heavy atom. The van der Waals surface area contributed by atoms with Crippen molar-refractivity contribution in [2.75, 3.05) is 10.6 Å². The molecule has 3 rings (SSSR count). The summed E-state index contributed by atoms with van der Waals surface area (Å²) in [6, 6.07) is 12.1. The molecule has 0 unspecified atom stereocenters. The number of benzene rings is 2. The van der Waals surface area contributed by atoms with E-state index in [-0.39, 0.29) is 5.91 Å². The topological polar surface area (TPSA) is 46.3 Å². The second-order valence-corrected chi connectivity index (χ2v) is 5.44. The SMILES string of the molecule is Cc1ccc(CN2C(=O)Cc3cccc(N)c32)c(C)c1. The van der Waals surface area contributed by atoms with Crippen molar-refractivity contribution in [1.29, 1.82) is 0 Å². The molecule has 0 atom stereocenters. The van der Waals surface area contributed by atoms with Gasteiger partial charge in [0.05, 0.1) is 24.3 Å². The highest BCUT2D eigenvalue weighted by molar-refractivity contribution is 6.04. The van der Waals surface area contributed by atoms with E-state index in [0.717, 1.165) is 11.3 Å². The summed E-state index contributed by atoms with van der Waals surface area (Å²) < 4.78 is 0.